The Bertz CT molecular complexity index is 1280. The van der Waals surface area contributed by atoms with E-state index < -0.39 is 11.6 Å². The number of halogens is 3. The number of hydrogen-bond acceptors (Lipinski definition) is 3. The van der Waals surface area contributed by atoms with Gasteiger partial charge in [-0.15, -0.1) is 0 Å². The smallest absolute Gasteiger partial charge is 0.348 e. The van der Waals surface area contributed by atoms with Gasteiger partial charge in [0.25, 0.3) is 5.91 Å². The van der Waals surface area contributed by atoms with E-state index in [2.05, 4.69) is 15.3 Å². The first-order valence-electron chi connectivity index (χ1n) is 9.75. The van der Waals surface area contributed by atoms with Gasteiger partial charge in [0.15, 0.2) is 0 Å². The van der Waals surface area contributed by atoms with Gasteiger partial charge in [0, 0.05) is 35.3 Å². The van der Waals surface area contributed by atoms with Crippen LogP contribution in [0.15, 0.2) is 67.0 Å². The molecule has 0 aliphatic rings. The fourth-order valence-electron chi connectivity index (χ4n) is 3.38. The summed E-state index contributed by atoms with van der Waals surface area (Å²) in [5.74, 6) is -0.271. The molecule has 0 saturated carbocycles. The highest BCUT2D eigenvalue weighted by molar-refractivity contribution is 5.98. The fourth-order valence-corrected chi connectivity index (χ4v) is 3.38. The first-order chi connectivity index (χ1) is 14.7. The van der Waals surface area contributed by atoms with Crippen molar-refractivity contribution in [3.05, 3.63) is 83.8 Å². The second kappa shape index (κ2) is 7.65. The summed E-state index contributed by atoms with van der Waals surface area (Å²) in [4.78, 5) is 21.0. The lowest BCUT2D eigenvalue weighted by Crippen LogP contribution is -2.37. The van der Waals surface area contributed by atoms with E-state index in [-0.39, 0.29) is 11.6 Å². The zero-order valence-corrected chi connectivity index (χ0v) is 17.0. The minimum Gasteiger partial charge on any atom is -0.348 e. The lowest BCUT2D eigenvalue weighted by atomic mass is 9.87. The van der Waals surface area contributed by atoms with Gasteiger partial charge in [0.1, 0.15) is 5.41 Å². The predicted octanol–water partition coefficient (Wildman–Crippen LogP) is 5.55. The van der Waals surface area contributed by atoms with Crippen LogP contribution in [-0.2, 0) is 12.0 Å². The number of alkyl halides is 3. The van der Waals surface area contributed by atoms with Gasteiger partial charge in [-0.25, -0.2) is 0 Å². The van der Waals surface area contributed by atoms with Crippen molar-refractivity contribution < 1.29 is 18.0 Å². The first-order valence-corrected chi connectivity index (χ1v) is 9.75. The molecular weight excluding hydrogens is 403 g/mol. The van der Waals surface area contributed by atoms with Gasteiger partial charge in [-0.05, 0) is 55.1 Å². The lowest BCUT2D eigenvalue weighted by Gasteiger charge is -2.27. The molecule has 0 spiro atoms. The number of carbonyl (C=O) groups is 1. The van der Waals surface area contributed by atoms with E-state index in [1.165, 1.54) is 6.07 Å². The van der Waals surface area contributed by atoms with Gasteiger partial charge >= 0.3 is 6.18 Å². The molecule has 1 amide bonds. The molecule has 2 aromatic heterocycles. The van der Waals surface area contributed by atoms with E-state index in [4.69, 9.17) is 0 Å². The third kappa shape index (κ3) is 3.95. The molecule has 0 saturated heterocycles. The highest BCUT2D eigenvalue weighted by Gasteiger charge is 2.49. The number of pyridine rings is 2. The van der Waals surface area contributed by atoms with Gasteiger partial charge < -0.3 is 5.32 Å². The van der Waals surface area contributed by atoms with Gasteiger partial charge in [0.2, 0.25) is 0 Å². The number of nitrogens with one attached hydrogen (secondary N) is 1. The molecule has 4 nitrogen and oxygen atoms in total. The minimum atomic E-state index is -4.41. The van der Waals surface area contributed by atoms with Crippen molar-refractivity contribution in [3.8, 4) is 0 Å². The molecule has 0 aliphatic heterocycles. The van der Waals surface area contributed by atoms with Crippen LogP contribution in [0.2, 0.25) is 0 Å². The highest BCUT2D eigenvalue weighted by Crippen LogP contribution is 2.39. The van der Waals surface area contributed by atoms with E-state index in [1.807, 2.05) is 24.3 Å². The fraction of sp³-hybridized carbons (Fsp3) is 0.208. The van der Waals surface area contributed by atoms with Crippen molar-refractivity contribution in [2.24, 2.45) is 0 Å². The van der Waals surface area contributed by atoms with Gasteiger partial charge in [0.05, 0.1) is 11.2 Å². The number of carbonyl (C=O) groups excluding carboxylic acids is 1. The molecule has 0 unspecified atom stereocenters. The van der Waals surface area contributed by atoms with Crippen LogP contribution in [0.1, 0.15) is 35.5 Å². The Labute approximate surface area is 177 Å². The number of rotatable bonds is 4. The summed E-state index contributed by atoms with van der Waals surface area (Å²) in [5.41, 5.74) is -0.331. The summed E-state index contributed by atoms with van der Waals surface area (Å²) in [7, 11) is 0. The minimum absolute atomic E-state index is 0.0600. The van der Waals surface area contributed by atoms with Crippen molar-refractivity contribution in [1.82, 2.24) is 15.3 Å². The molecule has 0 aliphatic carbocycles. The Hall–Kier alpha value is -3.48. The Balaban J connectivity index is 1.55. The Kier molecular flexibility index (Phi) is 5.13. The van der Waals surface area contributed by atoms with Crippen LogP contribution >= 0.6 is 0 Å². The van der Waals surface area contributed by atoms with Gasteiger partial charge in [-0.3, -0.25) is 14.8 Å². The number of amides is 1. The summed E-state index contributed by atoms with van der Waals surface area (Å²) in [5, 5.41) is 5.51. The predicted molar refractivity (Wildman–Crippen MR) is 114 cm³/mol. The van der Waals surface area contributed by atoms with E-state index >= 15 is 0 Å². The molecule has 2 aromatic carbocycles. The van der Waals surface area contributed by atoms with Crippen LogP contribution in [0.3, 0.4) is 0 Å². The van der Waals surface area contributed by atoms with Crippen molar-refractivity contribution in [2.75, 3.05) is 0 Å². The summed E-state index contributed by atoms with van der Waals surface area (Å²) in [6.07, 6.45) is -0.936. The second-order valence-electron chi connectivity index (χ2n) is 7.92. The average molecular weight is 423 g/mol. The van der Waals surface area contributed by atoms with Crippen LogP contribution in [-0.4, -0.2) is 22.1 Å². The molecule has 158 valence electrons. The quantitative estimate of drug-likeness (QED) is 0.468. The summed E-state index contributed by atoms with van der Waals surface area (Å²) in [6.45, 7) is 2.55. The van der Waals surface area contributed by atoms with Crippen LogP contribution in [0.25, 0.3) is 21.7 Å². The molecule has 4 rings (SSSR count). The standard InChI is InChI=1S/C24H20F3N3O/c1-23(2,24(25,26)27)21-9-7-15-12-16(6-8-20(15)30-21)22(31)29-14-18-5-3-4-17-13-28-11-10-19(17)18/h3-13H,14H2,1-2H3,(H,29,31). The van der Waals surface area contributed by atoms with E-state index in [1.54, 1.807) is 36.7 Å². The SMILES string of the molecule is CC(C)(c1ccc2cc(C(=O)NCc3cccc4cnccc34)ccc2n1)C(F)(F)F. The van der Waals surface area contributed by atoms with Crippen molar-refractivity contribution in [2.45, 2.75) is 32.0 Å². The molecule has 7 heteroatoms. The lowest BCUT2D eigenvalue weighted by molar-refractivity contribution is -0.181. The van der Waals surface area contributed by atoms with Crippen molar-refractivity contribution in [1.29, 1.82) is 0 Å². The number of aromatic nitrogens is 2. The number of fused-ring (bicyclic) bond motifs is 2. The summed E-state index contributed by atoms with van der Waals surface area (Å²) >= 11 is 0. The maximum Gasteiger partial charge on any atom is 0.399 e. The monoisotopic (exact) mass is 423 g/mol. The average Bonchev–Trinajstić information content (AvgIpc) is 2.75. The molecule has 4 aromatic rings. The zero-order valence-electron chi connectivity index (χ0n) is 17.0. The molecule has 0 fully saturated rings. The van der Waals surface area contributed by atoms with Crippen LogP contribution in [0, 0.1) is 0 Å². The number of nitrogens with zero attached hydrogens (tertiary/aromatic N) is 2. The second-order valence-corrected chi connectivity index (χ2v) is 7.92. The molecule has 1 N–H and O–H groups in total. The largest absolute Gasteiger partial charge is 0.399 e. The molecule has 31 heavy (non-hydrogen) atoms. The maximum absolute atomic E-state index is 13.3. The third-order valence-corrected chi connectivity index (χ3v) is 5.51. The molecular formula is C24H20F3N3O. The highest BCUT2D eigenvalue weighted by atomic mass is 19.4. The van der Waals surface area contributed by atoms with E-state index in [9.17, 15) is 18.0 Å². The summed E-state index contributed by atoms with van der Waals surface area (Å²) < 4.78 is 39.9. The molecule has 0 atom stereocenters. The Morgan fingerprint density at radius 1 is 1.00 bits per heavy atom. The van der Waals surface area contributed by atoms with Crippen LogP contribution < -0.4 is 5.32 Å². The third-order valence-electron chi connectivity index (χ3n) is 5.51. The number of hydrogen-bond donors (Lipinski definition) is 1. The van der Waals surface area contributed by atoms with Gasteiger partial charge in [-0.1, -0.05) is 24.3 Å². The van der Waals surface area contributed by atoms with E-state index in [0.717, 1.165) is 30.2 Å². The van der Waals surface area contributed by atoms with Crippen LogP contribution in [0.5, 0.6) is 0 Å². The molecule has 2 heterocycles. The molecule has 0 bridgehead atoms. The first kappa shape index (κ1) is 20.8. The zero-order chi connectivity index (χ0) is 22.2. The van der Waals surface area contributed by atoms with Crippen LogP contribution in [0.4, 0.5) is 13.2 Å². The van der Waals surface area contributed by atoms with E-state index in [0.29, 0.717) is 23.0 Å². The Morgan fingerprint density at radius 2 is 1.81 bits per heavy atom. The number of benzene rings is 2. The van der Waals surface area contributed by atoms with Crippen molar-refractivity contribution >= 4 is 27.6 Å². The van der Waals surface area contributed by atoms with Gasteiger partial charge in [-0.2, -0.15) is 13.2 Å². The topological polar surface area (TPSA) is 54.9 Å². The molecule has 0 radical (unpaired) electrons. The van der Waals surface area contributed by atoms with Crippen molar-refractivity contribution in [3.63, 3.8) is 0 Å². The summed E-state index contributed by atoms with van der Waals surface area (Å²) in [6, 6.07) is 15.4. The maximum atomic E-state index is 13.3. The normalized spacial score (nSPS) is 12.3. The Morgan fingerprint density at radius 3 is 2.58 bits per heavy atom.